The van der Waals surface area contributed by atoms with Gasteiger partial charge in [-0.15, -0.1) is 0 Å². The first-order valence-electron chi connectivity index (χ1n) is 7.73. The minimum atomic E-state index is -3.05. The van der Waals surface area contributed by atoms with E-state index in [1.807, 2.05) is 18.2 Å². The number of hydrogen-bond acceptors (Lipinski definition) is 4. The van der Waals surface area contributed by atoms with Gasteiger partial charge in [-0.05, 0) is 30.0 Å². The fourth-order valence-corrected chi connectivity index (χ4v) is 5.08. The highest BCUT2D eigenvalue weighted by Crippen LogP contribution is 2.28. The molecular weight excluding hydrogens is 316 g/mol. The molecule has 2 aliphatic rings. The number of fused-ring (bicyclic) bond motifs is 1. The largest absolute Gasteiger partial charge is 0.338 e. The molecule has 2 amide bonds. The molecule has 0 spiro atoms. The third-order valence-corrected chi connectivity index (χ3v) is 6.24. The van der Waals surface area contributed by atoms with Crippen LogP contribution in [-0.2, 0) is 32.4 Å². The third-order valence-electron chi connectivity index (χ3n) is 4.47. The van der Waals surface area contributed by atoms with Gasteiger partial charge in [-0.25, -0.2) is 8.42 Å². The van der Waals surface area contributed by atoms with Crippen molar-refractivity contribution in [1.29, 1.82) is 0 Å². The van der Waals surface area contributed by atoms with E-state index in [0.29, 0.717) is 25.9 Å². The van der Waals surface area contributed by atoms with Crippen molar-refractivity contribution in [2.75, 3.05) is 23.4 Å². The van der Waals surface area contributed by atoms with Gasteiger partial charge < -0.3 is 10.2 Å². The van der Waals surface area contributed by atoms with Gasteiger partial charge >= 0.3 is 0 Å². The highest BCUT2D eigenvalue weighted by Gasteiger charge is 2.36. The zero-order chi connectivity index (χ0) is 16.6. The molecule has 2 heterocycles. The van der Waals surface area contributed by atoms with Gasteiger partial charge in [-0.2, -0.15) is 0 Å². The molecule has 0 unspecified atom stereocenters. The van der Waals surface area contributed by atoms with Crippen molar-refractivity contribution < 1.29 is 18.0 Å². The number of amides is 2. The number of nitrogens with zero attached hydrogens (tertiary/aromatic N) is 1. The molecule has 0 bridgehead atoms. The van der Waals surface area contributed by atoms with E-state index in [2.05, 4.69) is 5.32 Å². The lowest BCUT2D eigenvalue weighted by atomic mass is 9.96. The number of hydrogen-bond donors (Lipinski definition) is 1. The van der Waals surface area contributed by atoms with Crippen LogP contribution >= 0.6 is 0 Å². The lowest BCUT2D eigenvalue weighted by molar-refractivity contribution is -0.135. The minimum absolute atomic E-state index is 0.0267. The molecule has 0 radical (unpaired) electrons. The minimum Gasteiger partial charge on any atom is -0.338 e. The third kappa shape index (κ3) is 3.39. The second-order valence-corrected chi connectivity index (χ2v) is 8.46. The summed E-state index contributed by atoms with van der Waals surface area (Å²) in [5, 5.41) is 2.82. The van der Waals surface area contributed by atoms with Gasteiger partial charge in [0.15, 0.2) is 9.84 Å². The normalized spacial score (nSPS) is 22.5. The summed E-state index contributed by atoms with van der Waals surface area (Å²) in [5.41, 5.74) is 2.87. The Morgan fingerprint density at radius 3 is 2.74 bits per heavy atom. The van der Waals surface area contributed by atoms with Crippen LogP contribution in [0.4, 0.5) is 5.69 Å². The van der Waals surface area contributed by atoms with Crippen LogP contribution in [0.1, 0.15) is 24.5 Å². The maximum Gasteiger partial charge on any atom is 0.227 e. The van der Waals surface area contributed by atoms with Crippen molar-refractivity contribution >= 4 is 27.3 Å². The number of benzene rings is 1. The van der Waals surface area contributed by atoms with E-state index in [4.69, 9.17) is 0 Å². The molecule has 23 heavy (non-hydrogen) atoms. The number of nitrogens with one attached hydrogen (secondary N) is 1. The number of carbonyl (C=O) groups excluding carboxylic acids is 2. The summed E-state index contributed by atoms with van der Waals surface area (Å²) in [6, 6.07) is 5.67. The molecule has 0 aromatic heterocycles. The van der Waals surface area contributed by atoms with Crippen LogP contribution in [0.15, 0.2) is 18.2 Å². The highest BCUT2D eigenvalue weighted by atomic mass is 32.2. The molecule has 3 rings (SSSR count). The Kier molecular flexibility index (Phi) is 4.14. The fraction of sp³-hybridized carbons (Fsp3) is 0.500. The Balaban J connectivity index is 1.76. The Morgan fingerprint density at radius 1 is 1.30 bits per heavy atom. The van der Waals surface area contributed by atoms with Crippen molar-refractivity contribution in [2.45, 2.75) is 26.3 Å². The number of sulfone groups is 1. The van der Waals surface area contributed by atoms with Crippen LogP contribution in [0.3, 0.4) is 0 Å². The van der Waals surface area contributed by atoms with E-state index in [-0.39, 0.29) is 23.3 Å². The lowest BCUT2D eigenvalue weighted by Gasteiger charge is -2.31. The second kappa shape index (κ2) is 5.96. The Morgan fingerprint density at radius 2 is 2.09 bits per heavy atom. The van der Waals surface area contributed by atoms with E-state index in [9.17, 15) is 18.0 Å². The molecule has 1 saturated heterocycles. The zero-order valence-electron chi connectivity index (χ0n) is 13.0. The molecule has 1 aromatic carbocycles. The second-order valence-electron chi connectivity index (χ2n) is 6.23. The monoisotopic (exact) mass is 336 g/mol. The first-order chi connectivity index (χ1) is 10.9. The lowest BCUT2D eigenvalue weighted by Crippen LogP contribution is -2.40. The van der Waals surface area contributed by atoms with Gasteiger partial charge in [0, 0.05) is 25.7 Å². The molecule has 6 nitrogen and oxygen atoms in total. The van der Waals surface area contributed by atoms with Crippen molar-refractivity contribution in [1.82, 2.24) is 4.90 Å². The van der Waals surface area contributed by atoms with E-state index in [1.165, 1.54) is 6.92 Å². The summed E-state index contributed by atoms with van der Waals surface area (Å²) < 4.78 is 23.1. The fourth-order valence-electron chi connectivity index (χ4n) is 3.35. The van der Waals surface area contributed by atoms with Gasteiger partial charge in [0.05, 0.1) is 17.4 Å². The van der Waals surface area contributed by atoms with Gasteiger partial charge in [-0.1, -0.05) is 12.1 Å². The SMILES string of the molecule is CC(=O)Nc1cccc2c1CCN(C(=O)[C@@H]1CCS(=O)(=O)C1)C2. The first kappa shape index (κ1) is 16.0. The molecule has 1 atom stereocenters. The molecule has 124 valence electrons. The molecule has 7 heteroatoms. The molecule has 0 saturated carbocycles. The zero-order valence-corrected chi connectivity index (χ0v) is 13.9. The van der Waals surface area contributed by atoms with E-state index in [0.717, 1.165) is 16.8 Å². The number of carbonyl (C=O) groups is 2. The van der Waals surface area contributed by atoms with Crippen LogP contribution in [0.5, 0.6) is 0 Å². The summed E-state index contributed by atoms with van der Waals surface area (Å²) in [5.74, 6) is -0.503. The quantitative estimate of drug-likeness (QED) is 0.872. The predicted octanol–water partition coefficient (Wildman–Crippen LogP) is 0.964. The van der Waals surface area contributed by atoms with Crippen LogP contribution in [-0.4, -0.2) is 43.2 Å². The van der Waals surface area contributed by atoms with Crippen molar-refractivity contribution in [3.05, 3.63) is 29.3 Å². The molecule has 1 fully saturated rings. The van der Waals surface area contributed by atoms with Crippen molar-refractivity contribution in [3.63, 3.8) is 0 Å². The predicted molar refractivity (Wildman–Crippen MR) is 86.6 cm³/mol. The first-order valence-corrected chi connectivity index (χ1v) is 9.55. The molecule has 1 aromatic rings. The summed E-state index contributed by atoms with van der Waals surface area (Å²) >= 11 is 0. The van der Waals surface area contributed by atoms with Crippen LogP contribution in [0.2, 0.25) is 0 Å². The molecule has 2 aliphatic heterocycles. The average Bonchev–Trinajstić information content (AvgIpc) is 2.86. The maximum atomic E-state index is 12.6. The van der Waals surface area contributed by atoms with Crippen LogP contribution < -0.4 is 5.32 Å². The summed E-state index contributed by atoms with van der Waals surface area (Å²) in [6.07, 6.45) is 1.09. The average molecular weight is 336 g/mol. The molecule has 1 N–H and O–H groups in total. The Bertz CT molecular complexity index is 757. The molecule has 0 aliphatic carbocycles. The van der Waals surface area contributed by atoms with Crippen LogP contribution in [0.25, 0.3) is 0 Å². The van der Waals surface area contributed by atoms with Gasteiger partial charge in [0.2, 0.25) is 11.8 Å². The van der Waals surface area contributed by atoms with Crippen molar-refractivity contribution in [2.24, 2.45) is 5.92 Å². The standard InChI is InChI=1S/C16H20N2O4S/c1-11(19)17-15-4-2-3-12-9-18(7-5-14(12)15)16(20)13-6-8-23(21,22)10-13/h2-4,13H,5-10H2,1H3,(H,17,19)/t13-/m1/s1. The van der Waals surface area contributed by atoms with E-state index < -0.39 is 15.8 Å². The summed E-state index contributed by atoms with van der Waals surface area (Å²) in [7, 11) is -3.05. The van der Waals surface area contributed by atoms with Crippen molar-refractivity contribution in [3.8, 4) is 0 Å². The van der Waals surface area contributed by atoms with Gasteiger partial charge in [0.25, 0.3) is 0 Å². The Labute approximate surface area is 135 Å². The molecular formula is C16H20N2O4S. The van der Waals surface area contributed by atoms with Crippen LogP contribution in [0, 0.1) is 5.92 Å². The number of rotatable bonds is 2. The smallest absolute Gasteiger partial charge is 0.227 e. The van der Waals surface area contributed by atoms with E-state index in [1.54, 1.807) is 4.90 Å². The number of anilines is 1. The van der Waals surface area contributed by atoms with E-state index >= 15 is 0 Å². The maximum absolute atomic E-state index is 12.6. The Hall–Kier alpha value is -1.89. The summed E-state index contributed by atoms with van der Waals surface area (Å²) in [6.45, 7) is 2.50. The van der Waals surface area contributed by atoms with Gasteiger partial charge in [-0.3, -0.25) is 9.59 Å². The highest BCUT2D eigenvalue weighted by molar-refractivity contribution is 7.91. The topological polar surface area (TPSA) is 83.6 Å². The summed E-state index contributed by atoms with van der Waals surface area (Å²) in [4.78, 5) is 25.6. The van der Waals surface area contributed by atoms with Gasteiger partial charge in [0.1, 0.15) is 0 Å².